The molecule has 2 aliphatic rings. The lowest BCUT2D eigenvalue weighted by Gasteiger charge is -2.14. The fourth-order valence-electron chi connectivity index (χ4n) is 8.41. The summed E-state index contributed by atoms with van der Waals surface area (Å²) in [4.78, 5) is 5.46. The van der Waals surface area contributed by atoms with Crippen molar-refractivity contribution in [2.75, 3.05) is 0 Å². The van der Waals surface area contributed by atoms with E-state index >= 15 is 0 Å². The van der Waals surface area contributed by atoms with Gasteiger partial charge >= 0.3 is 0 Å². The molecule has 5 nitrogen and oxygen atoms in total. The minimum atomic E-state index is 0.707. The molecule has 0 aliphatic heterocycles. The molecule has 362 valence electrons. The number of nitrogens with one attached hydrogen (secondary N) is 1. The number of pyridine rings is 1. The molecule has 0 saturated heterocycles. The number of rotatable bonds is 12. The third-order valence-electron chi connectivity index (χ3n) is 11.3. The molecule has 0 spiro atoms. The second-order valence-corrected chi connectivity index (χ2v) is 15.6. The van der Waals surface area contributed by atoms with Gasteiger partial charge in [-0.2, -0.15) is 0 Å². The molecule has 0 amide bonds. The van der Waals surface area contributed by atoms with Crippen LogP contribution in [0.4, 0.5) is 0 Å². The maximum atomic E-state index is 6.32. The molecular formula is C66H71N3O2. The standard InChI is InChI=1S/C54H45N3O2.C6H8.3C2H6/c1-5-9-11-22-38(8-4)55-45(19-6-2)54-42-25-12-10-13-26-48(42)57(49(54)20-7-3)39-34-46(36-21-18-29-52-43(32-36)40-23-14-16-27-50(40)58-52)56-47(35-39)37-30-31-53-44(33-37)41-24-15-17-28-51(41)59-53;1-3-5-6-4-2;3*1-2/h4,7,9,11-17,20-35,55H,3,5-6,10,18-19H2,1-2H3;3-6H,1-2H2;3*1-2H3/b11-9?,38-22+,49-20+,54-45+;6-5-;;;. The van der Waals surface area contributed by atoms with Crippen molar-refractivity contribution in [3.05, 3.63) is 209 Å². The van der Waals surface area contributed by atoms with E-state index in [9.17, 15) is 0 Å². The summed E-state index contributed by atoms with van der Waals surface area (Å²) in [7, 11) is 0. The van der Waals surface area contributed by atoms with Crippen molar-refractivity contribution in [3.63, 3.8) is 0 Å². The average molecular weight is 938 g/mol. The topological polar surface area (TPSA) is 56.1 Å². The zero-order valence-corrected chi connectivity index (χ0v) is 43.2. The van der Waals surface area contributed by atoms with Gasteiger partial charge in [0.1, 0.15) is 22.2 Å². The van der Waals surface area contributed by atoms with Gasteiger partial charge in [-0.3, -0.25) is 0 Å². The molecule has 2 aliphatic carbocycles. The fourth-order valence-corrected chi connectivity index (χ4v) is 8.41. The van der Waals surface area contributed by atoms with Gasteiger partial charge < -0.3 is 18.7 Å². The van der Waals surface area contributed by atoms with Crippen LogP contribution >= 0.6 is 0 Å². The monoisotopic (exact) mass is 938 g/mol. The predicted molar refractivity (Wildman–Crippen MR) is 311 cm³/mol. The molecule has 5 heteroatoms. The molecule has 0 unspecified atom stereocenters. The average Bonchev–Trinajstić information content (AvgIpc) is 3.92. The smallest absolute Gasteiger partial charge is 0.135 e. The van der Waals surface area contributed by atoms with E-state index in [0.29, 0.717) is 12.1 Å². The van der Waals surface area contributed by atoms with E-state index < -0.39 is 0 Å². The molecule has 1 N–H and O–H groups in total. The van der Waals surface area contributed by atoms with Gasteiger partial charge in [-0.25, -0.2) is 4.98 Å². The normalized spacial score (nSPS) is 13.2. The van der Waals surface area contributed by atoms with E-state index in [1.165, 1.54) is 0 Å². The Morgan fingerprint density at radius 3 is 2.11 bits per heavy atom. The van der Waals surface area contributed by atoms with E-state index in [-0.39, 0.29) is 0 Å². The number of allylic oxidation sites excluding steroid dienone is 13. The summed E-state index contributed by atoms with van der Waals surface area (Å²) in [6.45, 7) is 27.5. The van der Waals surface area contributed by atoms with Crippen LogP contribution in [0, 0.1) is 12.3 Å². The van der Waals surface area contributed by atoms with Crippen LogP contribution in [0.15, 0.2) is 180 Å². The van der Waals surface area contributed by atoms with Crippen LogP contribution in [-0.2, 0) is 0 Å². The van der Waals surface area contributed by atoms with Crippen molar-refractivity contribution in [2.24, 2.45) is 0 Å². The largest absolute Gasteiger partial charge is 0.456 e. The van der Waals surface area contributed by atoms with Gasteiger partial charge in [-0.05, 0) is 104 Å². The number of hydrogen-bond acceptors (Lipinski definition) is 4. The van der Waals surface area contributed by atoms with Crippen molar-refractivity contribution in [2.45, 2.75) is 87.5 Å². The van der Waals surface area contributed by atoms with E-state index in [4.69, 9.17) is 20.2 Å². The van der Waals surface area contributed by atoms with Crippen LogP contribution in [0.5, 0.6) is 0 Å². The van der Waals surface area contributed by atoms with Gasteiger partial charge in [0.15, 0.2) is 0 Å². The van der Waals surface area contributed by atoms with Gasteiger partial charge in [-0.1, -0.05) is 191 Å². The molecule has 0 radical (unpaired) electrons. The van der Waals surface area contributed by atoms with Gasteiger partial charge in [0.2, 0.25) is 0 Å². The minimum Gasteiger partial charge on any atom is -0.456 e. The van der Waals surface area contributed by atoms with Crippen molar-refractivity contribution in [1.29, 1.82) is 0 Å². The van der Waals surface area contributed by atoms with Gasteiger partial charge in [0, 0.05) is 43.4 Å². The fraction of sp³-hybridized carbons (Fsp3) is 0.197. The molecule has 0 fully saturated rings. The second kappa shape index (κ2) is 27.8. The summed E-state index contributed by atoms with van der Waals surface area (Å²) in [5.41, 5.74) is 12.1. The highest BCUT2D eigenvalue weighted by atomic mass is 16.3. The molecule has 71 heavy (non-hydrogen) atoms. The number of para-hydroxylation sites is 2. The van der Waals surface area contributed by atoms with Crippen molar-refractivity contribution in [3.8, 4) is 29.3 Å². The summed E-state index contributed by atoms with van der Waals surface area (Å²) in [5.74, 6) is 2.89. The first-order valence-corrected chi connectivity index (χ1v) is 25.3. The third-order valence-corrected chi connectivity index (χ3v) is 11.3. The quantitative estimate of drug-likeness (QED) is 0.0980. The van der Waals surface area contributed by atoms with E-state index in [2.05, 4.69) is 159 Å². The SMILES string of the molecule is C#C/C(=C\C=CCC)N/C(CCC)=c1\c2c(n(-c3cc(C4=CCC=c5oc6ccccc6c5=C4)nc(-c4ccc5oc6ccccc6c5c4)c3)\c1=C\C=C)C=CCC=C2.C=C/C=C\C=C.CC.CC.CC. The summed E-state index contributed by atoms with van der Waals surface area (Å²) < 4.78 is 14.9. The Morgan fingerprint density at radius 2 is 1.42 bits per heavy atom. The zero-order valence-electron chi connectivity index (χ0n) is 43.2. The number of nitrogens with zero attached hydrogens (tertiary/aromatic N) is 2. The van der Waals surface area contributed by atoms with Gasteiger partial charge in [0.05, 0.1) is 33.8 Å². The molecule has 9 rings (SSSR count). The summed E-state index contributed by atoms with van der Waals surface area (Å²) in [5, 5.41) is 10.1. The van der Waals surface area contributed by atoms with Crippen LogP contribution in [0.25, 0.3) is 91.5 Å². The van der Waals surface area contributed by atoms with Crippen molar-refractivity contribution >= 4 is 74.6 Å². The minimum absolute atomic E-state index is 0.707. The molecule has 0 bridgehead atoms. The Kier molecular flexibility index (Phi) is 21.1. The molecule has 0 atom stereocenters. The van der Waals surface area contributed by atoms with Crippen LogP contribution < -0.4 is 26.5 Å². The molecular weight excluding hydrogens is 867 g/mol. The molecule has 7 aromatic rings. The molecule has 3 aromatic carbocycles. The lowest BCUT2D eigenvalue weighted by Crippen LogP contribution is -2.35. The van der Waals surface area contributed by atoms with Crippen molar-refractivity contribution in [1.82, 2.24) is 14.9 Å². The van der Waals surface area contributed by atoms with Crippen molar-refractivity contribution < 1.29 is 8.83 Å². The predicted octanol–water partition coefficient (Wildman–Crippen LogP) is 15.6. The zero-order chi connectivity index (χ0) is 51.1. The Morgan fingerprint density at radius 1 is 0.746 bits per heavy atom. The third kappa shape index (κ3) is 12.6. The Bertz CT molecular complexity index is 3460. The van der Waals surface area contributed by atoms with Crippen LogP contribution in [0.3, 0.4) is 0 Å². The summed E-state index contributed by atoms with van der Waals surface area (Å²) in [6, 6.07) is 27.2. The second-order valence-electron chi connectivity index (χ2n) is 15.6. The highest BCUT2D eigenvalue weighted by molar-refractivity contribution is 6.06. The summed E-state index contributed by atoms with van der Waals surface area (Å²) in [6.07, 6.45) is 43.0. The van der Waals surface area contributed by atoms with Gasteiger partial charge in [0.25, 0.3) is 0 Å². The first kappa shape index (κ1) is 53.9. The highest BCUT2D eigenvalue weighted by Gasteiger charge is 2.20. The number of hydrogen-bond donors (Lipinski definition) is 1. The maximum absolute atomic E-state index is 6.32. The number of aromatic nitrogens is 2. The van der Waals surface area contributed by atoms with E-state index in [1.807, 2.05) is 96.2 Å². The Hall–Kier alpha value is -8.07. The van der Waals surface area contributed by atoms with E-state index in [0.717, 1.165) is 125 Å². The first-order valence-electron chi connectivity index (χ1n) is 25.3. The van der Waals surface area contributed by atoms with Crippen LogP contribution in [0.1, 0.15) is 104 Å². The van der Waals surface area contributed by atoms with Crippen LogP contribution in [-0.4, -0.2) is 9.55 Å². The Labute approximate surface area is 422 Å². The molecule has 0 saturated carbocycles. The number of fused-ring (bicyclic) bond motifs is 7. The number of terminal acetylenes is 1. The molecule has 4 heterocycles. The molecule has 4 aromatic heterocycles. The lowest BCUT2D eigenvalue weighted by molar-refractivity contribution is 0.574. The lowest BCUT2D eigenvalue weighted by atomic mass is 10.0. The van der Waals surface area contributed by atoms with Crippen LogP contribution in [0.2, 0.25) is 0 Å². The van der Waals surface area contributed by atoms with Gasteiger partial charge in [-0.15, -0.1) is 6.42 Å². The Balaban J connectivity index is 0.000000713. The summed E-state index contributed by atoms with van der Waals surface area (Å²) >= 11 is 0. The van der Waals surface area contributed by atoms with E-state index in [1.54, 1.807) is 12.2 Å². The number of benzene rings is 3. The highest BCUT2D eigenvalue weighted by Crippen LogP contribution is 2.34. The maximum Gasteiger partial charge on any atom is 0.135 e. The number of furan rings is 2. The first-order chi connectivity index (χ1) is 35.0.